The minimum Gasteiger partial charge on any atom is -0.494 e. The maximum atomic E-state index is 12.2. The number of benzene rings is 1. The van der Waals surface area contributed by atoms with Crippen molar-refractivity contribution in [1.82, 2.24) is 9.97 Å². The summed E-state index contributed by atoms with van der Waals surface area (Å²) in [7, 11) is 0. The predicted octanol–water partition coefficient (Wildman–Crippen LogP) is 1.18. The summed E-state index contributed by atoms with van der Waals surface area (Å²) in [4.78, 5) is 41.0. The Kier molecular flexibility index (Phi) is 6.01. The lowest BCUT2D eigenvalue weighted by Gasteiger charge is -2.09. The number of H-pyrrole nitrogens is 1. The van der Waals surface area contributed by atoms with Crippen molar-refractivity contribution in [1.29, 1.82) is 0 Å². The number of carbonyl (C=O) groups excluding carboxylic acids is 1. The molecule has 25 heavy (non-hydrogen) atoms. The lowest BCUT2D eigenvalue weighted by atomic mass is 10.2. The van der Waals surface area contributed by atoms with Crippen molar-refractivity contribution in [3.8, 4) is 5.75 Å². The van der Waals surface area contributed by atoms with E-state index in [1.165, 1.54) is 0 Å². The van der Waals surface area contributed by atoms with Crippen LogP contribution in [-0.4, -0.2) is 39.3 Å². The van der Waals surface area contributed by atoms with Crippen LogP contribution in [-0.2, 0) is 4.79 Å². The summed E-state index contributed by atoms with van der Waals surface area (Å²) in [5, 5.41) is 11.1. The Hall–Kier alpha value is -3.01. The molecule has 1 amide bonds. The monoisotopic (exact) mass is 364 g/mol. The molecular formula is C15H16N4O5S. The standard InChI is InChI=1S/C15H16N4O5S/c1-2-24-9-5-3-8(4-6-9)13(22)17-11-12(16)18-15(19-14(11)23)25-7-10(20)21/h3-6H,2,7H2,1H3,(H,17,22)(H,20,21)(H3,16,18,19,23). The minimum absolute atomic E-state index is 0.0592. The van der Waals surface area contributed by atoms with E-state index in [-0.39, 0.29) is 22.4 Å². The second-order valence-electron chi connectivity index (χ2n) is 4.73. The molecule has 0 aliphatic carbocycles. The average molecular weight is 364 g/mol. The van der Waals surface area contributed by atoms with Crippen LogP contribution in [0.25, 0.3) is 0 Å². The smallest absolute Gasteiger partial charge is 0.313 e. The molecule has 0 bridgehead atoms. The number of aromatic amines is 1. The molecule has 0 atom stereocenters. The van der Waals surface area contributed by atoms with Crippen LogP contribution in [0.4, 0.5) is 11.5 Å². The van der Waals surface area contributed by atoms with Gasteiger partial charge in [-0.25, -0.2) is 4.98 Å². The Morgan fingerprint density at radius 3 is 2.60 bits per heavy atom. The van der Waals surface area contributed by atoms with E-state index in [0.29, 0.717) is 17.9 Å². The SMILES string of the molecule is CCOc1ccc(C(=O)Nc2c(N)nc(SCC(=O)O)[nH]c2=O)cc1. The number of nitrogen functional groups attached to an aromatic ring is 1. The average Bonchev–Trinajstić information content (AvgIpc) is 2.57. The van der Waals surface area contributed by atoms with Crippen molar-refractivity contribution in [2.75, 3.05) is 23.4 Å². The molecule has 2 aromatic rings. The number of hydrogen-bond donors (Lipinski definition) is 4. The van der Waals surface area contributed by atoms with Gasteiger partial charge in [-0.3, -0.25) is 19.4 Å². The molecule has 1 aromatic heterocycles. The summed E-state index contributed by atoms with van der Waals surface area (Å²) in [6.45, 7) is 2.36. The number of aromatic nitrogens is 2. The Bertz CT molecular complexity index is 835. The lowest BCUT2D eigenvalue weighted by Crippen LogP contribution is -2.23. The molecule has 0 saturated carbocycles. The molecule has 9 nitrogen and oxygen atoms in total. The number of hydrogen-bond acceptors (Lipinski definition) is 7. The molecule has 5 N–H and O–H groups in total. The highest BCUT2D eigenvalue weighted by molar-refractivity contribution is 7.99. The van der Waals surface area contributed by atoms with Gasteiger partial charge in [0.05, 0.1) is 12.4 Å². The van der Waals surface area contributed by atoms with Crippen LogP contribution < -0.4 is 21.3 Å². The molecule has 2 rings (SSSR count). The highest BCUT2D eigenvalue weighted by Crippen LogP contribution is 2.18. The fourth-order valence-electron chi connectivity index (χ4n) is 1.84. The first-order valence-electron chi connectivity index (χ1n) is 7.19. The summed E-state index contributed by atoms with van der Waals surface area (Å²) in [5.41, 5.74) is 5.14. The normalized spacial score (nSPS) is 10.3. The molecule has 10 heteroatoms. The molecule has 1 aromatic carbocycles. The van der Waals surface area contributed by atoms with E-state index in [1.807, 2.05) is 6.92 Å². The van der Waals surface area contributed by atoms with Crippen LogP contribution in [0.5, 0.6) is 5.75 Å². The second kappa shape index (κ2) is 8.20. The summed E-state index contributed by atoms with van der Waals surface area (Å²) in [5.74, 6) is -1.44. The number of aliphatic carboxylic acids is 1. The largest absolute Gasteiger partial charge is 0.494 e. The van der Waals surface area contributed by atoms with E-state index in [2.05, 4.69) is 15.3 Å². The fraction of sp³-hybridized carbons (Fsp3) is 0.200. The zero-order chi connectivity index (χ0) is 18.4. The third-order valence-corrected chi connectivity index (χ3v) is 3.78. The van der Waals surface area contributed by atoms with Crippen molar-refractivity contribution in [2.24, 2.45) is 0 Å². The van der Waals surface area contributed by atoms with Crippen LogP contribution in [0.3, 0.4) is 0 Å². The van der Waals surface area contributed by atoms with Crippen molar-refractivity contribution >= 4 is 35.1 Å². The zero-order valence-electron chi connectivity index (χ0n) is 13.2. The number of nitrogens with one attached hydrogen (secondary N) is 2. The van der Waals surface area contributed by atoms with E-state index in [4.69, 9.17) is 15.6 Å². The van der Waals surface area contributed by atoms with Gasteiger partial charge < -0.3 is 20.9 Å². The number of carbonyl (C=O) groups is 2. The van der Waals surface area contributed by atoms with Gasteiger partial charge in [-0.15, -0.1) is 0 Å². The molecular weight excluding hydrogens is 348 g/mol. The zero-order valence-corrected chi connectivity index (χ0v) is 14.1. The first-order chi connectivity index (χ1) is 11.9. The van der Waals surface area contributed by atoms with E-state index in [9.17, 15) is 14.4 Å². The Labute approximate surface area is 146 Å². The minimum atomic E-state index is -1.06. The summed E-state index contributed by atoms with van der Waals surface area (Å²) in [6.07, 6.45) is 0. The van der Waals surface area contributed by atoms with Gasteiger partial charge in [0.15, 0.2) is 11.0 Å². The lowest BCUT2D eigenvalue weighted by molar-refractivity contribution is -0.133. The number of nitrogens with two attached hydrogens (primary N) is 1. The molecule has 0 fully saturated rings. The number of carboxylic acids is 1. The molecule has 0 saturated heterocycles. The number of anilines is 2. The molecule has 0 spiro atoms. The summed E-state index contributed by atoms with van der Waals surface area (Å²) in [6, 6.07) is 6.37. The molecule has 0 aliphatic heterocycles. The van der Waals surface area contributed by atoms with Crippen LogP contribution in [0.2, 0.25) is 0 Å². The number of nitrogens with zero attached hydrogens (tertiary/aromatic N) is 1. The third-order valence-electron chi connectivity index (χ3n) is 2.92. The second-order valence-corrected chi connectivity index (χ2v) is 5.69. The van der Waals surface area contributed by atoms with Gasteiger partial charge in [-0.1, -0.05) is 11.8 Å². The molecule has 0 unspecified atom stereocenters. The highest BCUT2D eigenvalue weighted by atomic mass is 32.2. The Morgan fingerprint density at radius 1 is 1.36 bits per heavy atom. The van der Waals surface area contributed by atoms with Crippen molar-refractivity contribution in [2.45, 2.75) is 12.1 Å². The van der Waals surface area contributed by atoms with Crippen molar-refractivity contribution in [3.63, 3.8) is 0 Å². The highest BCUT2D eigenvalue weighted by Gasteiger charge is 2.14. The van der Waals surface area contributed by atoms with E-state index < -0.39 is 17.4 Å². The van der Waals surface area contributed by atoms with Gasteiger partial charge >= 0.3 is 5.97 Å². The van der Waals surface area contributed by atoms with E-state index in [0.717, 1.165) is 11.8 Å². The van der Waals surface area contributed by atoms with Gasteiger partial charge in [0.2, 0.25) is 0 Å². The maximum absolute atomic E-state index is 12.2. The van der Waals surface area contributed by atoms with E-state index >= 15 is 0 Å². The predicted molar refractivity (Wildman–Crippen MR) is 93.2 cm³/mol. The van der Waals surface area contributed by atoms with Crippen LogP contribution in [0, 0.1) is 0 Å². The molecule has 132 valence electrons. The van der Waals surface area contributed by atoms with Gasteiger partial charge in [0, 0.05) is 5.56 Å². The van der Waals surface area contributed by atoms with E-state index in [1.54, 1.807) is 24.3 Å². The van der Waals surface area contributed by atoms with Crippen LogP contribution in [0.15, 0.2) is 34.2 Å². The first-order valence-corrected chi connectivity index (χ1v) is 8.18. The summed E-state index contributed by atoms with van der Waals surface area (Å²) < 4.78 is 5.29. The maximum Gasteiger partial charge on any atom is 0.313 e. The number of ether oxygens (including phenoxy) is 1. The van der Waals surface area contributed by atoms with Crippen molar-refractivity contribution < 1.29 is 19.4 Å². The topological polar surface area (TPSA) is 147 Å². The molecule has 0 aliphatic rings. The van der Waals surface area contributed by atoms with Gasteiger partial charge in [0.1, 0.15) is 11.4 Å². The number of thioether (sulfide) groups is 1. The summed E-state index contributed by atoms with van der Waals surface area (Å²) >= 11 is 0.814. The van der Waals surface area contributed by atoms with Gasteiger partial charge in [-0.2, -0.15) is 0 Å². The number of amides is 1. The Morgan fingerprint density at radius 2 is 2.04 bits per heavy atom. The van der Waals surface area contributed by atoms with Crippen LogP contribution >= 0.6 is 11.8 Å². The Balaban J connectivity index is 2.14. The number of rotatable bonds is 7. The van der Waals surface area contributed by atoms with Crippen molar-refractivity contribution in [3.05, 3.63) is 40.2 Å². The number of carboxylic acid groups (broad SMARTS) is 1. The van der Waals surface area contributed by atoms with Crippen LogP contribution in [0.1, 0.15) is 17.3 Å². The molecule has 0 radical (unpaired) electrons. The quantitative estimate of drug-likeness (QED) is 0.423. The van der Waals surface area contributed by atoms with Gasteiger partial charge in [0.25, 0.3) is 11.5 Å². The fourth-order valence-corrected chi connectivity index (χ4v) is 2.43. The molecule has 1 heterocycles. The first kappa shape index (κ1) is 18.3. The third kappa shape index (κ3) is 4.98. The van der Waals surface area contributed by atoms with Gasteiger partial charge in [-0.05, 0) is 31.2 Å².